The fourth-order valence-corrected chi connectivity index (χ4v) is 5.02. The molecule has 1 aromatic rings. The Kier molecular flexibility index (Phi) is 9.92. The zero-order valence-corrected chi connectivity index (χ0v) is 24.9. The van der Waals surface area contributed by atoms with Crippen LogP contribution in [0.2, 0.25) is 18.1 Å². The van der Waals surface area contributed by atoms with Crippen LogP contribution in [0, 0.1) is 5.92 Å². The van der Waals surface area contributed by atoms with E-state index in [0.29, 0.717) is 11.6 Å². The minimum atomic E-state index is -1.93. The second kappa shape index (κ2) is 11.0. The van der Waals surface area contributed by atoms with Crippen molar-refractivity contribution in [3.63, 3.8) is 0 Å². The number of Topliss-reactive ketones (excluding diaryl/α,β-unsaturated/α-hetero) is 1. The molecule has 8 heteroatoms. The van der Waals surface area contributed by atoms with E-state index >= 15 is 0 Å². The molecule has 33 heavy (non-hydrogen) atoms. The molecule has 0 saturated carbocycles. The normalized spacial score (nSPS) is 14.0. The highest BCUT2D eigenvalue weighted by atomic mass is 32.1. The van der Waals surface area contributed by atoms with Crippen molar-refractivity contribution in [2.45, 2.75) is 118 Å². The van der Waals surface area contributed by atoms with Gasteiger partial charge in [0.1, 0.15) is 5.60 Å². The maximum absolute atomic E-state index is 13.3. The number of hydrogen-bond acceptors (Lipinski definition) is 6. The molecule has 6 nitrogen and oxygen atoms in total. The van der Waals surface area contributed by atoms with Crippen molar-refractivity contribution in [1.82, 2.24) is 9.88 Å². The van der Waals surface area contributed by atoms with Gasteiger partial charge in [-0.05, 0) is 50.7 Å². The van der Waals surface area contributed by atoms with Crippen LogP contribution in [0.1, 0.15) is 102 Å². The summed E-state index contributed by atoms with van der Waals surface area (Å²) in [4.78, 5) is 33.2. The van der Waals surface area contributed by atoms with Gasteiger partial charge in [0.2, 0.25) is 0 Å². The molecule has 1 rings (SSSR count). The summed E-state index contributed by atoms with van der Waals surface area (Å²) in [6.07, 6.45) is -0.208. The molecular formula is C25H46N2O4SSi. The van der Waals surface area contributed by atoms with Crippen LogP contribution in [-0.2, 0) is 15.8 Å². The van der Waals surface area contributed by atoms with Crippen molar-refractivity contribution >= 4 is 31.5 Å². The van der Waals surface area contributed by atoms with Crippen molar-refractivity contribution in [3.05, 3.63) is 15.6 Å². The Morgan fingerprint density at radius 1 is 1.06 bits per heavy atom. The largest absolute Gasteiger partial charge is 0.444 e. The molecule has 0 unspecified atom stereocenters. The molecule has 0 radical (unpaired) electrons. The summed E-state index contributed by atoms with van der Waals surface area (Å²) in [5.41, 5.74) is 0.280. The molecule has 1 heterocycles. The molecule has 0 aliphatic heterocycles. The highest BCUT2D eigenvalue weighted by molar-refractivity contribution is 7.13. The maximum Gasteiger partial charge on any atom is 0.410 e. The van der Waals surface area contributed by atoms with Crippen LogP contribution in [0.15, 0.2) is 0 Å². The minimum absolute atomic E-state index is 0.0467. The van der Waals surface area contributed by atoms with Gasteiger partial charge < -0.3 is 14.1 Å². The molecule has 0 aromatic carbocycles. The van der Waals surface area contributed by atoms with Crippen LogP contribution in [0.5, 0.6) is 0 Å². The van der Waals surface area contributed by atoms with Gasteiger partial charge in [-0.2, -0.15) is 0 Å². The second-order valence-corrected chi connectivity index (χ2v) is 17.9. The molecule has 0 aliphatic carbocycles. The zero-order chi connectivity index (χ0) is 25.9. The van der Waals surface area contributed by atoms with Crippen LogP contribution in [0.4, 0.5) is 4.79 Å². The van der Waals surface area contributed by atoms with Crippen LogP contribution in [-0.4, -0.2) is 48.8 Å². The first-order valence-corrected chi connectivity index (χ1v) is 15.6. The molecular weight excluding hydrogens is 452 g/mol. The smallest absolute Gasteiger partial charge is 0.410 e. The summed E-state index contributed by atoms with van der Waals surface area (Å²) in [6.45, 7) is 25.3. The van der Waals surface area contributed by atoms with Crippen LogP contribution >= 0.6 is 11.3 Å². The molecule has 0 spiro atoms. The molecule has 0 fully saturated rings. The number of ketones is 1. The monoisotopic (exact) mass is 498 g/mol. The summed E-state index contributed by atoms with van der Waals surface area (Å²) < 4.78 is 11.9. The number of aromatic nitrogens is 1. The average molecular weight is 499 g/mol. The van der Waals surface area contributed by atoms with Gasteiger partial charge in [-0.25, -0.2) is 9.78 Å². The summed E-state index contributed by atoms with van der Waals surface area (Å²) in [7, 11) is -0.230. The topological polar surface area (TPSA) is 68.7 Å². The number of nitrogens with zero attached hydrogens (tertiary/aromatic N) is 2. The van der Waals surface area contributed by atoms with E-state index in [1.54, 1.807) is 11.9 Å². The minimum Gasteiger partial charge on any atom is -0.444 e. The van der Waals surface area contributed by atoms with Crippen LogP contribution in [0.3, 0.4) is 0 Å². The Morgan fingerprint density at radius 3 is 2.03 bits per heavy atom. The van der Waals surface area contributed by atoms with E-state index in [9.17, 15) is 9.59 Å². The van der Waals surface area contributed by atoms with Gasteiger partial charge in [0.15, 0.2) is 19.1 Å². The molecule has 1 atom stereocenters. The van der Waals surface area contributed by atoms with Crippen molar-refractivity contribution in [2.75, 3.05) is 7.05 Å². The summed E-state index contributed by atoms with van der Waals surface area (Å²) in [6, 6.07) is -0.273. The van der Waals surface area contributed by atoms with Crippen molar-refractivity contribution in [3.8, 4) is 0 Å². The number of carbonyl (C=O) groups is 2. The zero-order valence-electron chi connectivity index (χ0n) is 23.1. The van der Waals surface area contributed by atoms with E-state index < -0.39 is 20.0 Å². The van der Waals surface area contributed by atoms with Gasteiger partial charge in [-0.3, -0.25) is 4.79 Å². The maximum atomic E-state index is 13.3. The van der Waals surface area contributed by atoms with E-state index in [2.05, 4.69) is 47.7 Å². The summed E-state index contributed by atoms with van der Waals surface area (Å²) in [5, 5.41) is 0.604. The van der Waals surface area contributed by atoms with Crippen LogP contribution in [0.25, 0.3) is 0 Å². The third-order valence-electron chi connectivity index (χ3n) is 6.21. The first kappa shape index (κ1) is 29.8. The molecule has 0 aliphatic rings. The summed E-state index contributed by atoms with van der Waals surface area (Å²) >= 11 is 1.46. The highest BCUT2D eigenvalue weighted by Crippen LogP contribution is 2.38. The van der Waals surface area contributed by atoms with Crippen LogP contribution < -0.4 is 0 Å². The van der Waals surface area contributed by atoms with E-state index in [0.717, 1.165) is 10.6 Å². The molecule has 190 valence electrons. The third-order valence-corrected chi connectivity index (χ3v) is 12.1. The van der Waals surface area contributed by atoms with Gasteiger partial charge in [0.05, 0.1) is 12.3 Å². The SMILES string of the molecule is CC(C)c1sc(C(=O)C[C@H](C(C)C)N(C)C(=O)OC(C)(C)C)nc1CO[Si](C)(C)C(C)(C)C. The molecule has 0 saturated heterocycles. The molecule has 0 N–H and O–H groups in total. The average Bonchev–Trinajstić information content (AvgIpc) is 3.06. The number of thiazole rings is 1. The predicted octanol–water partition coefficient (Wildman–Crippen LogP) is 7.25. The van der Waals surface area contributed by atoms with Crippen molar-refractivity contribution in [1.29, 1.82) is 0 Å². The van der Waals surface area contributed by atoms with Gasteiger partial charge in [-0.1, -0.05) is 48.5 Å². The van der Waals surface area contributed by atoms with E-state index in [4.69, 9.17) is 14.1 Å². The van der Waals surface area contributed by atoms with E-state index in [1.807, 2.05) is 34.6 Å². The fraction of sp³-hybridized carbons (Fsp3) is 0.800. The Morgan fingerprint density at radius 2 is 1.61 bits per heavy atom. The Balaban J connectivity index is 3.09. The van der Waals surface area contributed by atoms with Gasteiger partial charge in [-0.15, -0.1) is 11.3 Å². The first-order chi connectivity index (χ1) is 14.8. The number of hydrogen-bond donors (Lipinski definition) is 0. The van der Waals surface area contributed by atoms with Gasteiger partial charge >= 0.3 is 6.09 Å². The Bertz CT molecular complexity index is 819. The van der Waals surface area contributed by atoms with E-state index in [-0.39, 0.29) is 35.1 Å². The van der Waals surface area contributed by atoms with Gasteiger partial charge in [0, 0.05) is 24.4 Å². The predicted molar refractivity (Wildman–Crippen MR) is 140 cm³/mol. The summed E-state index contributed by atoms with van der Waals surface area (Å²) in [5.74, 6) is 0.305. The lowest BCUT2D eigenvalue weighted by Crippen LogP contribution is -2.44. The third kappa shape index (κ3) is 8.48. The number of carbonyl (C=O) groups excluding carboxylic acids is 2. The lowest BCUT2D eigenvalue weighted by atomic mass is 9.97. The number of ether oxygens (including phenoxy) is 1. The molecule has 1 amide bonds. The first-order valence-electron chi connectivity index (χ1n) is 11.9. The lowest BCUT2D eigenvalue weighted by Gasteiger charge is -2.36. The molecule has 1 aromatic heterocycles. The quantitative estimate of drug-likeness (QED) is 0.265. The molecule has 0 bridgehead atoms. The lowest BCUT2D eigenvalue weighted by molar-refractivity contribution is 0.0173. The second-order valence-electron chi connectivity index (χ2n) is 12.1. The Hall–Kier alpha value is -1.25. The van der Waals surface area contributed by atoms with Crippen molar-refractivity contribution in [2.24, 2.45) is 5.92 Å². The van der Waals surface area contributed by atoms with Gasteiger partial charge in [0.25, 0.3) is 0 Å². The standard InChI is InChI=1S/C25H46N2O4SSi/c1-16(2)19(27(11)23(29)31-24(5,6)7)14-20(28)22-26-18(21(32-22)17(3)4)15-30-33(12,13)25(8,9)10/h16-17,19H,14-15H2,1-13H3/t19-/m1/s1. The highest BCUT2D eigenvalue weighted by Gasteiger charge is 2.38. The van der Waals surface area contributed by atoms with Crippen molar-refractivity contribution < 1.29 is 18.8 Å². The number of rotatable bonds is 9. The Labute approximate surface area is 206 Å². The fourth-order valence-electron chi connectivity index (χ4n) is 3.07. The number of amides is 1. The van der Waals surface area contributed by atoms with E-state index in [1.165, 1.54) is 11.3 Å².